The number of nitrogens with zero attached hydrogens (tertiary/aromatic N) is 3. The average Bonchev–Trinajstić information content (AvgIpc) is 2.95. The SMILES string of the molecule is Cn1cc(NC(=O)[C@H]2CSCN2C(=O)OC(C)(C)C)cn1. The summed E-state index contributed by atoms with van der Waals surface area (Å²) in [5.41, 5.74) is 0.0397. The van der Waals surface area contributed by atoms with E-state index in [4.69, 9.17) is 4.74 Å². The normalized spacial score (nSPS) is 18.7. The Hall–Kier alpha value is -1.70. The van der Waals surface area contributed by atoms with E-state index >= 15 is 0 Å². The Kier molecular flexibility index (Phi) is 4.46. The van der Waals surface area contributed by atoms with Crippen LogP contribution in [-0.4, -0.2) is 50.0 Å². The summed E-state index contributed by atoms with van der Waals surface area (Å²) in [5.74, 6) is 0.796. The number of hydrogen-bond donors (Lipinski definition) is 1. The molecular weight excluding hydrogens is 292 g/mol. The number of nitrogens with one attached hydrogen (secondary N) is 1. The van der Waals surface area contributed by atoms with Crippen molar-refractivity contribution in [3.63, 3.8) is 0 Å². The van der Waals surface area contributed by atoms with Crippen molar-refractivity contribution in [3.8, 4) is 0 Å². The van der Waals surface area contributed by atoms with Crippen molar-refractivity contribution in [2.24, 2.45) is 7.05 Å². The van der Waals surface area contributed by atoms with E-state index in [1.54, 1.807) is 44.9 Å². The second-order valence-electron chi connectivity index (χ2n) is 5.86. The summed E-state index contributed by atoms with van der Waals surface area (Å²) in [5, 5.41) is 6.76. The van der Waals surface area contributed by atoms with Gasteiger partial charge in [0.15, 0.2) is 0 Å². The summed E-state index contributed by atoms with van der Waals surface area (Å²) in [6.07, 6.45) is 2.81. The minimum atomic E-state index is -0.575. The van der Waals surface area contributed by atoms with Crippen molar-refractivity contribution < 1.29 is 14.3 Å². The molecule has 8 heteroatoms. The van der Waals surface area contributed by atoms with Gasteiger partial charge in [-0.1, -0.05) is 0 Å². The van der Waals surface area contributed by atoms with Gasteiger partial charge in [-0.3, -0.25) is 14.4 Å². The first kappa shape index (κ1) is 15.7. The zero-order valence-electron chi connectivity index (χ0n) is 12.6. The molecule has 116 valence electrons. The van der Waals surface area contributed by atoms with Gasteiger partial charge in [0.05, 0.1) is 17.8 Å². The minimum absolute atomic E-state index is 0.223. The zero-order valence-corrected chi connectivity index (χ0v) is 13.4. The van der Waals surface area contributed by atoms with E-state index in [1.807, 2.05) is 0 Å². The van der Waals surface area contributed by atoms with Crippen LogP contribution in [0.25, 0.3) is 0 Å². The van der Waals surface area contributed by atoms with Crippen LogP contribution in [0.2, 0.25) is 0 Å². The molecule has 1 atom stereocenters. The Morgan fingerprint density at radius 1 is 1.48 bits per heavy atom. The lowest BCUT2D eigenvalue weighted by Gasteiger charge is -2.27. The van der Waals surface area contributed by atoms with Crippen LogP contribution >= 0.6 is 11.8 Å². The monoisotopic (exact) mass is 312 g/mol. The summed E-state index contributed by atoms with van der Waals surface area (Å²) in [6.45, 7) is 5.41. The molecule has 0 bridgehead atoms. The molecule has 1 saturated heterocycles. The highest BCUT2D eigenvalue weighted by atomic mass is 32.2. The molecule has 1 aromatic rings. The van der Waals surface area contributed by atoms with E-state index in [-0.39, 0.29) is 5.91 Å². The van der Waals surface area contributed by atoms with E-state index in [1.165, 1.54) is 16.7 Å². The third-order valence-corrected chi connectivity index (χ3v) is 3.80. The maximum Gasteiger partial charge on any atom is 0.411 e. The summed E-state index contributed by atoms with van der Waals surface area (Å²) in [4.78, 5) is 25.9. The van der Waals surface area contributed by atoms with Gasteiger partial charge in [0, 0.05) is 19.0 Å². The minimum Gasteiger partial charge on any atom is -0.444 e. The van der Waals surface area contributed by atoms with E-state index in [0.29, 0.717) is 17.3 Å². The number of rotatable bonds is 2. The number of ether oxygens (including phenoxy) is 1. The van der Waals surface area contributed by atoms with E-state index < -0.39 is 17.7 Å². The van der Waals surface area contributed by atoms with Gasteiger partial charge in [0.2, 0.25) is 5.91 Å². The number of anilines is 1. The Morgan fingerprint density at radius 2 is 2.19 bits per heavy atom. The van der Waals surface area contributed by atoms with Crippen LogP contribution in [-0.2, 0) is 16.6 Å². The maximum atomic E-state index is 12.3. The molecule has 1 aliphatic rings. The lowest BCUT2D eigenvalue weighted by Crippen LogP contribution is -2.46. The number of thioether (sulfide) groups is 1. The number of hydrogen-bond acceptors (Lipinski definition) is 5. The molecular formula is C13H20N4O3S. The highest BCUT2D eigenvalue weighted by Crippen LogP contribution is 2.24. The van der Waals surface area contributed by atoms with Crippen molar-refractivity contribution in [3.05, 3.63) is 12.4 Å². The van der Waals surface area contributed by atoms with Crippen LogP contribution in [0.5, 0.6) is 0 Å². The van der Waals surface area contributed by atoms with Gasteiger partial charge in [-0.25, -0.2) is 4.79 Å². The quantitative estimate of drug-likeness (QED) is 0.899. The van der Waals surface area contributed by atoms with Gasteiger partial charge in [0.1, 0.15) is 11.6 Å². The molecule has 1 aliphatic heterocycles. The largest absolute Gasteiger partial charge is 0.444 e. The van der Waals surface area contributed by atoms with Gasteiger partial charge in [-0.15, -0.1) is 11.8 Å². The number of carbonyl (C=O) groups is 2. The first-order valence-corrected chi connectivity index (χ1v) is 7.78. The van der Waals surface area contributed by atoms with Crippen molar-refractivity contribution in [2.45, 2.75) is 32.4 Å². The van der Waals surface area contributed by atoms with Crippen LogP contribution < -0.4 is 5.32 Å². The van der Waals surface area contributed by atoms with Crippen LogP contribution in [0.3, 0.4) is 0 Å². The van der Waals surface area contributed by atoms with Crippen molar-refractivity contribution >= 4 is 29.4 Å². The predicted octanol–water partition coefficient (Wildman–Crippen LogP) is 1.67. The Balaban J connectivity index is 2.00. The van der Waals surface area contributed by atoms with Gasteiger partial charge >= 0.3 is 6.09 Å². The van der Waals surface area contributed by atoms with Crippen molar-refractivity contribution in [1.82, 2.24) is 14.7 Å². The molecule has 2 rings (SSSR count). The predicted molar refractivity (Wildman–Crippen MR) is 81.0 cm³/mol. The van der Waals surface area contributed by atoms with Gasteiger partial charge < -0.3 is 10.1 Å². The molecule has 21 heavy (non-hydrogen) atoms. The standard InChI is InChI=1S/C13H20N4O3S/c1-13(2,3)20-12(19)17-8-21-7-10(17)11(18)15-9-5-14-16(4)6-9/h5-6,10H,7-8H2,1-4H3,(H,15,18)/t10-/m1/s1. The van der Waals surface area contributed by atoms with Gasteiger partial charge in [0.25, 0.3) is 0 Å². The van der Waals surface area contributed by atoms with E-state index in [9.17, 15) is 9.59 Å². The number of aryl methyl sites for hydroxylation is 1. The maximum absolute atomic E-state index is 12.3. The topological polar surface area (TPSA) is 76.5 Å². The Morgan fingerprint density at radius 3 is 2.76 bits per heavy atom. The van der Waals surface area contributed by atoms with Crippen LogP contribution in [0.1, 0.15) is 20.8 Å². The van der Waals surface area contributed by atoms with E-state index in [0.717, 1.165) is 0 Å². The van der Waals surface area contributed by atoms with Crippen LogP contribution in [0, 0.1) is 0 Å². The number of amides is 2. The van der Waals surface area contributed by atoms with Crippen LogP contribution in [0.15, 0.2) is 12.4 Å². The highest BCUT2D eigenvalue weighted by molar-refractivity contribution is 7.99. The third kappa shape index (κ3) is 4.13. The van der Waals surface area contributed by atoms with Crippen molar-refractivity contribution in [1.29, 1.82) is 0 Å². The summed E-state index contributed by atoms with van der Waals surface area (Å²) in [6, 6.07) is -0.523. The molecule has 1 aromatic heterocycles. The molecule has 1 N–H and O–H groups in total. The summed E-state index contributed by atoms with van der Waals surface area (Å²) >= 11 is 1.53. The molecule has 0 unspecified atom stereocenters. The molecule has 0 saturated carbocycles. The van der Waals surface area contributed by atoms with E-state index in [2.05, 4.69) is 10.4 Å². The number of carbonyl (C=O) groups excluding carboxylic acids is 2. The molecule has 0 spiro atoms. The first-order valence-electron chi connectivity index (χ1n) is 6.63. The fourth-order valence-electron chi connectivity index (χ4n) is 1.87. The van der Waals surface area contributed by atoms with Crippen LogP contribution in [0.4, 0.5) is 10.5 Å². The fourth-order valence-corrected chi connectivity index (χ4v) is 3.01. The lowest BCUT2D eigenvalue weighted by atomic mass is 10.2. The molecule has 1 fully saturated rings. The third-order valence-electron chi connectivity index (χ3n) is 2.79. The zero-order chi connectivity index (χ0) is 15.6. The Labute approximate surface area is 128 Å². The lowest BCUT2D eigenvalue weighted by molar-refractivity contribution is -0.120. The van der Waals surface area contributed by atoms with Gasteiger partial charge in [-0.2, -0.15) is 5.10 Å². The first-order chi connectivity index (χ1) is 9.76. The molecule has 0 aliphatic carbocycles. The molecule has 0 radical (unpaired) electrons. The molecule has 0 aromatic carbocycles. The van der Waals surface area contributed by atoms with Crippen molar-refractivity contribution in [2.75, 3.05) is 16.9 Å². The second-order valence-corrected chi connectivity index (χ2v) is 6.86. The highest BCUT2D eigenvalue weighted by Gasteiger charge is 2.37. The summed E-state index contributed by atoms with van der Waals surface area (Å²) in [7, 11) is 1.77. The second kappa shape index (κ2) is 5.97. The smallest absolute Gasteiger partial charge is 0.411 e. The molecule has 7 nitrogen and oxygen atoms in total. The van der Waals surface area contributed by atoms with Gasteiger partial charge in [-0.05, 0) is 20.8 Å². The summed E-state index contributed by atoms with van der Waals surface area (Å²) < 4.78 is 6.94. The number of aromatic nitrogens is 2. The average molecular weight is 312 g/mol. The fraction of sp³-hybridized carbons (Fsp3) is 0.615. The molecule has 2 amide bonds. The Bertz CT molecular complexity index is 538. The molecule has 2 heterocycles.